The highest BCUT2D eigenvalue weighted by Gasteiger charge is 2.28. The monoisotopic (exact) mass is 303 g/mol. The van der Waals surface area contributed by atoms with E-state index < -0.39 is 41.7 Å². The molecule has 1 amide bonds. The normalized spacial score (nSPS) is 11.4. The van der Waals surface area contributed by atoms with Crippen LogP contribution in [0, 0.1) is 0 Å². The number of aromatic nitrogens is 2. The summed E-state index contributed by atoms with van der Waals surface area (Å²) in [6.45, 7) is -1.11. The molecule has 108 valence electrons. The summed E-state index contributed by atoms with van der Waals surface area (Å²) in [6.07, 6.45) is -6.26. The van der Waals surface area contributed by atoms with Crippen molar-refractivity contribution < 1.29 is 27.5 Å². The molecule has 19 heavy (non-hydrogen) atoms. The van der Waals surface area contributed by atoms with Gasteiger partial charge in [-0.05, 0) is 0 Å². The van der Waals surface area contributed by atoms with Crippen LogP contribution in [0.1, 0.15) is 24.2 Å². The molecule has 5 nitrogen and oxygen atoms in total. The zero-order valence-corrected chi connectivity index (χ0v) is 10.2. The molecule has 0 aromatic carbocycles. The summed E-state index contributed by atoms with van der Waals surface area (Å²) in [5.74, 6) is -0.754. The molecule has 0 saturated carbocycles. The SMILES string of the molecule is O=C(Cn1nc(C(F)F)c(Cl)c1C(F)F)NCCO. The second kappa shape index (κ2) is 6.71. The van der Waals surface area contributed by atoms with Gasteiger partial charge in [0.1, 0.15) is 17.9 Å². The van der Waals surface area contributed by atoms with Crippen LogP contribution in [0.25, 0.3) is 0 Å². The minimum Gasteiger partial charge on any atom is -0.395 e. The van der Waals surface area contributed by atoms with E-state index in [1.165, 1.54) is 0 Å². The number of aliphatic hydroxyl groups excluding tert-OH is 1. The molecule has 10 heteroatoms. The first kappa shape index (κ1) is 15.7. The van der Waals surface area contributed by atoms with Crippen LogP contribution in [0.5, 0.6) is 0 Å². The average Bonchev–Trinajstić information content (AvgIpc) is 2.63. The third-order valence-corrected chi connectivity index (χ3v) is 2.48. The van der Waals surface area contributed by atoms with Crippen molar-refractivity contribution in [1.29, 1.82) is 0 Å². The van der Waals surface area contributed by atoms with Gasteiger partial charge in [0.2, 0.25) is 5.91 Å². The predicted molar refractivity (Wildman–Crippen MR) is 57.2 cm³/mol. The highest BCUT2D eigenvalue weighted by Crippen LogP contribution is 2.34. The van der Waals surface area contributed by atoms with E-state index in [9.17, 15) is 22.4 Å². The summed E-state index contributed by atoms with van der Waals surface area (Å²) in [5, 5.41) is 13.0. The van der Waals surface area contributed by atoms with Gasteiger partial charge in [0.15, 0.2) is 0 Å². The number of hydrogen-bond acceptors (Lipinski definition) is 3. The van der Waals surface area contributed by atoms with Crippen molar-refractivity contribution in [2.75, 3.05) is 13.2 Å². The van der Waals surface area contributed by atoms with Crippen molar-refractivity contribution in [3.8, 4) is 0 Å². The van der Waals surface area contributed by atoms with Gasteiger partial charge in [0.05, 0.1) is 11.6 Å². The number of hydrogen-bond donors (Lipinski definition) is 2. The third-order valence-electron chi connectivity index (χ3n) is 2.10. The number of nitrogens with one attached hydrogen (secondary N) is 1. The van der Waals surface area contributed by atoms with Gasteiger partial charge in [-0.1, -0.05) is 11.6 Å². The fourth-order valence-corrected chi connectivity index (χ4v) is 1.63. The molecule has 1 heterocycles. The molecule has 0 radical (unpaired) electrons. The summed E-state index contributed by atoms with van der Waals surface area (Å²) >= 11 is 5.39. The van der Waals surface area contributed by atoms with Crippen molar-refractivity contribution in [2.24, 2.45) is 0 Å². The lowest BCUT2D eigenvalue weighted by molar-refractivity contribution is -0.122. The quantitative estimate of drug-likeness (QED) is 0.783. The van der Waals surface area contributed by atoms with Crippen molar-refractivity contribution in [2.45, 2.75) is 19.4 Å². The predicted octanol–water partition coefficient (Wildman–Crippen LogP) is 1.52. The summed E-state index contributed by atoms with van der Waals surface area (Å²) in [4.78, 5) is 11.3. The van der Waals surface area contributed by atoms with Crippen LogP contribution < -0.4 is 5.32 Å². The molecule has 0 aliphatic carbocycles. The molecule has 1 aromatic rings. The number of carbonyl (C=O) groups excluding carboxylic acids is 1. The highest BCUT2D eigenvalue weighted by molar-refractivity contribution is 6.32. The topological polar surface area (TPSA) is 67.2 Å². The minimum absolute atomic E-state index is 0.0838. The van der Waals surface area contributed by atoms with Crippen LogP contribution in [0.2, 0.25) is 5.02 Å². The van der Waals surface area contributed by atoms with Gasteiger partial charge in [-0.15, -0.1) is 0 Å². The molecule has 1 aromatic heterocycles. The van der Waals surface area contributed by atoms with Gasteiger partial charge < -0.3 is 10.4 Å². The Morgan fingerprint density at radius 3 is 2.47 bits per heavy atom. The van der Waals surface area contributed by atoms with E-state index in [1.807, 2.05) is 0 Å². The fourth-order valence-electron chi connectivity index (χ4n) is 1.33. The number of nitrogens with zero attached hydrogens (tertiary/aromatic N) is 2. The van der Waals surface area contributed by atoms with Crippen molar-refractivity contribution in [3.05, 3.63) is 16.4 Å². The largest absolute Gasteiger partial charge is 0.395 e. The molecular formula is C9H10ClF4N3O2. The second-order valence-electron chi connectivity index (χ2n) is 3.42. The number of aliphatic hydroxyl groups is 1. The van der Waals surface area contributed by atoms with Gasteiger partial charge in [0, 0.05) is 6.54 Å². The molecule has 0 bridgehead atoms. The Balaban J connectivity index is 2.99. The van der Waals surface area contributed by atoms with Crippen LogP contribution >= 0.6 is 11.6 Å². The lowest BCUT2D eigenvalue weighted by Gasteiger charge is -2.07. The Morgan fingerprint density at radius 1 is 1.37 bits per heavy atom. The first-order valence-electron chi connectivity index (χ1n) is 5.08. The first-order valence-corrected chi connectivity index (χ1v) is 5.46. The van der Waals surface area contributed by atoms with Crippen LogP contribution in [0.4, 0.5) is 17.6 Å². The van der Waals surface area contributed by atoms with E-state index in [2.05, 4.69) is 10.4 Å². The van der Waals surface area contributed by atoms with Crippen LogP contribution in [-0.4, -0.2) is 33.9 Å². The number of alkyl halides is 4. The molecule has 1 rings (SSSR count). The maximum absolute atomic E-state index is 12.7. The second-order valence-corrected chi connectivity index (χ2v) is 3.80. The molecule has 0 saturated heterocycles. The number of halogens is 5. The Morgan fingerprint density at radius 2 is 2.00 bits per heavy atom. The van der Waals surface area contributed by atoms with Crippen LogP contribution in [0.15, 0.2) is 0 Å². The minimum atomic E-state index is -3.14. The van der Waals surface area contributed by atoms with Gasteiger partial charge in [-0.2, -0.15) is 5.10 Å². The molecule has 0 aliphatic rings. The average molecular weight is 304 g/mol. The smallest absolute Gasteiger partial charge is 0.283 e. The molecule has 0 aliphatic heterocycles. The zero-order valence-electron chi connectivity index (χ0n) is 9.42. The Hall–Kier alpha value is -1.35. The van der Waals surface area contributed by atoms with E-state index >= 15 is 0 Å². The van der Waals surface area contributed by atoms with Crippen molar-refractivity contribution in [1.82, 2.24) is 15.1 Å². The van der Waals surface area contributed by atoms with Gasteiger partial charge in [-0.3, -0.25) is 9.48 Å². The molecule has 0 unspecified atom stereocenters. The van der Waals surface area contributed by atoms with Crippen molar-refractivity contribution >= 4 is 17.5 Å². The summed E-state index contributed by atoms with van der Waals surface area (Å²) in [7, 11) is 0. The van der Waals surface area contributed by atoms with Gasteiger partial charge >= 0.3 is 0 Å². The Kier molecular flexibility index (Phi) is 5.55. The maximum Gasteiger partial charge on any atom is 0.283 e. The number of carbonyl (C=O) groups is 1. The first-order chi connectivity index (χ1) is 8.88. The fraction of sp³-hybridized carbons (Fsp3) is 0.556. The van der Waals surface area contributed by atoms with E-state index in [0.717, 1.165) is 0 Å². The van der Waals surface area contributed by atoms with E-state index in [4.69, 9.17) is 16.7 Å². The van der Waals surface area contributed by atoms with E-state index in [-0.39, 0.29) is 13.2 Å². The van der Waals surface area contributed by atoms with Crippen LogP contribution in [-0.2, 0) is 11.3 Å². The number of rotatable bonds is 6. The summed E-state index contributed by atoms with van der Waals surface area (Å²) in [6, 6.07) is 0. The lowest BCUT2D eigenvalue weighted by Crippen LogP contribution is -2.30. The molecular weight excluding hydrogens is 294 g/mol. The molecule has 2 N–H and O–H groups in total. The van der Waals surface area contributed by atoms with E-state index in [1.54, 1.807) is 0 Å². The third kappa shape index (κ3) is 3.80. The Bertz CT molecular complexity index is 453. The summed E-state index contributed by atoms with van der Waals surface area (Å²) in [5.41, 5.74) is -1.93. The number of amides is 1. The summed E-state index contributed by atoms with van der Waals surface area (Å²) < 4.78 is 50.8. The molecule has 0 spiro atoms. The Labute approximate surface area is 110 Å². The molecule has 0 fully saturated rings. The standard InChI is InChI=1S/C9H10ClF4N3O2/c10-5-6(8(11)12)16-17(7(5)9(13)14)3-4(19)15-1-2-18/h8-9,18H,1-3H2,(H,15,19). The van der Waals surface area contributed by atoms with E-state index in [0.29, 0.717) is 4.68 Å². The van der Waals surface area contributed by atoms with Crippen LogP contribution in [0.3, 0.4) is 0 Å². The highest BCUT2D eigenvalue weighted by atomic mass is 35.5. The van der Waals surface area contributed by atoms with Crippen molar-refractivity contribution in [3.63, 3.8) is 0 Å². The lowest BCUT2D eigenvalue weighted by atomic mass is 10.3. The maximum atomic E-state index is 12.7. The zero-order chi connectivity index (χ0) is 14.6. The molecule has 0 atom stereocenters. The van der Waals surface area contributed by atoms with Gasteiger partial charge in [-0.25, -0.2) is 17.6 Å². The van der Waals surface area contributed by atoms with Gasteiger partial charge in [0.25, 0.3) is 12.9 Å².